The van der Waals surface area contributed by atoms with Crippen molar-refractivity contribution >= 4 is 11.9 Å². The quantitative estimate of drug-likeness (QED) is 0.694. The summed E-state index contributed by atoms with van der Waals surface area (Å²) in [7, 11) is 0. The second-order valence-electron chi connectivity index (χ2n) is 4.31. The molecule has 0 spiro atoms. The third-order valence-electron chi connectivity index (χ3n) is 3.18. The fourth-order valence-corrected chi connectivity index (χ4v) is 2.23. The summed E-state index contributed by atoms with van der Waals surface area (Å²) in [6.07, 6.45) is 2.30. The first-order valence-electron chi connectivity index (χ1n) is 6.52. The van der Waals surface area contributed by atoms with E-state index in [1.165, 1.54) is 0 Å². The summed E-state index contributed by atoms with van der Waals surface area (Å²) in [6.45, 7) is 7.80. The molecule has 0 radical (unpaired) electrons. The number of carbonyl (C=O) groups is 1. The summed E-state index contributed by atoms with van der Waals surface area (Å²) in [6, 6.07) is 0. The zero-order valence-electron chi connectivity index (χ0n) is 11.1. The van der Waals surface area contributed by atoms with Gasteiger partial charge in [0.15, 0.2) is 5.90 Å². The topological polar surface area (TPSA) is 47.9 Å². The molecule has 0 aromatic heterocycles. The monoisotopic (exact) mass is 241 g/mol. The molecule has 4 nitrogen and oxygen atoms in total. The van der Waals surface area contributed by atoms with E-state index in [0.29, 0.717) is 31.5 Å². The van der Waals surface area contributed by atoms with Crippen LogP contribution in [0.3, 0.4) is 0 Å². The molecule has 0 saturated heterocycles. The Morgan fingerprint density at radius 2 is 2.06 bits per heavy atom. The van der Waals surface area contributed by atoms with Gasteiger partial charge in [-0.2, -0.15) is 0 Å². The van der Waals surface area contributed by atoms with Crippen LogP contribution < -0.4 is 0 Å². The van der Waals surface area contributed by atoms with Gasteiger partial charge in [0.25, 0.3) is 0 Å². The largest absolute Gasteiger partial charge is 0.481 e. The van der Waals surface area contributed by atoms with E-state index < -0.39 is 0 Å². The molecule has 0 N–H and O–H groups in total. The molecule has 1 aliphatic heterocycles. The summed E-state index contributed by atoms with van der Waals surface area (Å²) < 4.78 is 10.5. The Morgan fingerprint density at radius 1 is 1.29 bits per heavy atom. The van der Waals surface area contributed by atoms with Gasteiger partial charge < -0.3 is 9.47 Å². The van der Waals surface area contributed by atoms with E-state index >= 15 is 0 Å². The molecule has 98 valence electrons. The molecule has 1 aliphatic rings. The van der Waals surface area contributed by atoms with E-state index in [1.807, 2.05) is 13.8 Å². The van der Waals surface area contributed by atoms with Crippen LogP contribution in [0.15, 0.2) is 4.99 Å². The Hall–Kier alpha value is -1.06. The van der Waals surface area contributed by atoms with Gasteiger partial charge in [-0.05, 0) is 25.7 Å². The number of ether oxygens (including phenoxy) is 2. The minimum Gasteiger partial charge on any atom is -0.481 e. The molecule has 0 saturated carbocycles. The Morgan fingerprint density at radius 3 is 2.65 bits per heavy atom. The molecule has 4 heteroatoms. The molecule has 0 fully saturated rings. The molecule has 0 aromatic rings. The molecule has 0 amide bonds. The average Bonchev–Trinajstić information content (AvgIpc) is 2.30. The summed E-state index contributed by atoms with van der Waals surface area (Å²) in [5.41, 5.74) is 0. The van der Waals surface area contributed by atoms with Gasteiger partial charge in [0.2, 0.25) is 0 Å². The van der Waals surface area contributed by atoms with Gasteiger partial charge in [0, 0.05) is 19.4 Å². The Labute approximate surface area is 103 Å². The first kappa shape index (κ1) is 14.0. The second kappa shape index (κ2) is 7.30. The first-order chi connectivity index (χ1) is 8.21. The van der Waals surface area contributed by atoms with E-state index in [2.05, 4.69) is 11.9 Å². The van der Waals surface area contributed by atoms with Crippen LogP contribution in [0.25, 0.3) is 0 Å². The van der Waals surface area contributed by atoms with E-state index in [-0.39, 0.29) is 5.97 Å². The van der Waals surface area contributed by atoms with E-state index in [9.17, 15) is 4.79 Å². The second-order valence-corrected chi connectivity index (χ2v) is 4.31. The molecule has 2 atom stereocenters. The van der Waals surface area contributed by atoms with Crippen LogP contribution in [0.5, 0.6) is 0 Å². The van der Waals surface area contributed by atoms with Crippen LogP contribution >= 0.6 is 0 Å². The van der Waals surface area contributed by atoms with Gasteiger partial charge in [0.05, 0.1) is 13.2 Å². The number of carbonyl (C=O) groups excluding carboxylic acids is 1. The lowest BCUT2D eigenvalue weighted by atomic mass is 9.83. The number of esters is 1. The van der Waals surface area contributed by atoms with Crippen molar-refractivity contribution in [2.75, 3.05) is 19.8 Å². The molecular formula is C13H23NO3. The number of hydrogen-bond donors (Lipinski definition) is 0. The zero-order valence-corrected chi connectivity index (χ0v) is 11.1. The summed E-state index contributed by atoms with van der Waals surface area (Å²) in [5.74, 6) is 1.49. The predicted molar refractivity (Wildman–Crippen MR) is 67.1 cm³/mol. The van der Waals surface area contributed by atoms with Crippen molar-refractivity contribution in [2.45, 2.75) is 40.0 Å². The van der Waals surface area contributed by atoms with Crippen LogP contribution in [0, 0.1) is 11.8 Å². The van der Waals surface area contributed by atoms with Gasteiger partial charge >= 0.3 is 5.97 Å². The zero-order chi connectivity index (χ0) is 12.7. The van der Waals surface area contributed by atoms with Crippen molar-refractivity contribution in [1.82, 2.24) is 0 Å². The van der Waals surface area contributed by atoms with Crippen LogP contribution in [-0.4, -0.2) is 31.6 Å². The highest BCUT2D eigenvalue weighted by Gasteiger charge is 2.28. The molecule has 0 aliphatic carbocycles. The van der Waals surface area contributed by atoms with Gasteiger partial charge in [-0.15, -0.1) is 0 Å². The van der Waals surface area contributed by atoms with Crippen molar-refractivity contribution in [3.63, 3.8) is 0 Å². The van der Waals surface area contributed by atoms with Crippen LogP contribution in [0.2, 0.25) is 0 Å². The van der Waals surface area contributed by atoms with Gasteiger partial charge in [-0.1, -0.05) is 13.3 Å². The number of nitrogens with zero attached hydrogens (tertiary/aromatic N) is 1. The highest BCUT2D eigenvalue weighted by atomic mass is 16.5. The maximum Gasteiger partial charge on any atom is 0.306 e. The Bertz CT molecular complexity index is 276. The first-order valence-corrected chi connectivity index (χ1v) is 6.52. The maximum absolute atomic E-state index is 11.5. The molecule has 17 heavy (non-hydrogen) atoms. The highest BCUT2D eigenvalue weighted by Crippen LogP contribution is 2.28. The summed E-state index contributed by atoms with van der Waals surface area (Å²) >= 11 is 0. The molecule has 1 heterocycles. The van der Waals surface area contributed by atoms with Crippen LogP contribution in [-0.2, 0) is 14.3 Å². The summed E-state index contributed by atoms with van der Waals surface area (Å²) in [4.78, 5) is 16.0. The van der Waals surface area contributed by atoms with Crippen molar-refractivity contribution in [3.8, 4) is 0 Å². The molecule has 0 unspecified atom stereocenters. The molecular weight excluding hydrogens is 218 g/mol. The Balaban J connectivity index is 2.55. The van der Waals surface area contributed by atoms with Crippen molar-refractivity contribution in [2.24, 2.45) is 16.8 Å². The lowest BCUT2D eigenvalue weighted by molar-refractivity contribution is -0.144. The molecule has 1 rings (SSSR count). The third kappa shape index (κ3) is 4.36. The number of aliphatic imine (C=N–C) groups is 1. The fourth-order valence-electron chi connectivity index (χ4n) is 2.23. The van der Waals surface area contributed by atoms with E-state index in [0.717, 1.165) is 25.3 Å². The van der Waals surface area contributed by atoms with Crippen molar-refractivity contribution < 1.29 is 14.3 Å². The molecule has 0 bridgehead atoms. The van der Waals surface area contributed by atoms with Crippen molar-refractivity contribution in [3.05, 3.63) is 0 Å². The van der Waals surface area contributed by atoms with Crippen LogP contribution in [0.4, 0.5) is 0 Å². The normalized spacial score (nSPS) is 24.1. The third-order valence-corrected chi connectivity index (χ3v) is 3.18. The summed E-state index contributed by atoms with van der Waals surface area (Å²) in [5, 5.41) is 0. The maximum atomic E-state index is 11.5. The number of rotatable bonds is 5. The van der Waals surface area contributed by atoms with Gasteiger partial charge in [-0.25, -0.2) is 0 Å². The lowest BCUT2D eigenvalue weighted by Crippen LogP contribution is -2.29. The SMILES string of the molecule is CCOC(=O)C[C@@H]1CC(OCC)=NC[C@@H]1CC. The minimum atomic E-state index is -0.103. The highest BCUT2D eigenvalue weighted by molar-refractivity contribution is 5.78. The standard InChI is InChI=1S/C13H23NO3/c1-4-10-9-14-12(16-5-2)7-11(10)8-13(15)17-6-3/h10-11H,4-9H2,1-3H3/t10-,11-/m0/s1. The average molecular weight is 241 g/mol. The predicted octanol–water partition coefficient (Wildman–Crippen LogP) is 2.42. The Kier molecular flexibility index (Phi) is 6.01. The fraction of sp³-hybridized carbons (Fsp3) is 0.846. The van der Waals surface area contributed by atoms with Crippen molar-refractivity contribution in [1.29, 1.82) is 0 Å². The van der Waals surface area contributed by atoms with Gasteiger partial charge in [0.1, 0.15) is 0 Å². The number of hydrogen-bond acceptors (Lipinski definition) is 4. The smallest absolute Gasteiger partial charge is 0.306 e. The van der Waals surface area contributed by atoms with Gasteiger partial charge in [-0.3, -0.25) is 9.79 Å². The van der Waals surface area contributed by atoms with E-state index in [4.69, 9.17) is 9.47 Å². The van der Waals surface area contributed by atoms with Crippen LogP contribution in [0.1, 0.15) is 40.0 Å². The van der Waals surface area contributed by atoms with E-state index in [1.54, 1.807) is 0 Å². The molecule has 0 aromatic carbocycles. The lowest BCUT2D eigenvalue weighted by Gasteiger charge is -2.28. The minimum absolute atomic E-state index is 0.103.